The Morgan fingerprint density at radius 2 is 0.860 bits per heavy atom. The number of likely N-dealkylation sites (N-methyl/N-ethyl adjacent to an activating group) is 1. The SMILES string of the molecule is CN1CC(c2ccccc2-c2ccccc2-c2ccccc2-c2cccc3c2oc2ccccc23)=Nc2c1c1ccccc1c1ccccc21. The summed E-state index contributed by atoms with van der Waals surface area (Å²) in [6.45, 7) is 0.707. The van der Waals surface area contributed by atoms with Crippen LogP contribution in [0.25, 0.3) is 76.9 Å². The molecule has 0 radical (unpaired) electrons. The second kappa shape index (κ2) is 11.3. The van der Waals surface area contributed by atoms with Gasteiger partial charge in [-0.25, -0.2) is 4.99 Å². The Balaban J connectivity index is 1.17. The van der Waals surface area contributed by atoms with Gasteiger partial charge in [-0.15, -0.1) is 0 Å². The van der Waals surface area contributed by atoms with E-state index in [1.54, 1.807) is 0 Å². The molecule has 1 aliphatic rings. The molecule has 0 unspecified atom stereocenters. The van der Waals surface area contributed by atoms with Crippen molar-refractivity contribution in [2.45, 2.75) is 0 Å². The number of fused-ring (bicyclic) bond motifs is 9. The molecule has 0 bridgehead atoms. The Bertz CT molecular complexity index is 2820. The van der Waals surface area contributed by atoms with Crippen LogP contribution in [0.15, 0.2) is 173 Å². The van der Waals surface area contributed by atoms with E-state index < -0.39 is 0 Å². The third-order valence-corrected chi connectivity index (χ3v) is 10.3. The summed E-state index contributed by atoms with van der Waals surface area (Å²) in [7, 11) is 2.19. The van der Waals surface area contributed by atoms with Gasteiger partial charge in [-0.05, 0) is 44.7 Å². The molecule has 0 saturated heterocycles. The van der Waals surface area contributed by atoms with Gasteiger partial charge in [0.2, 0.25) is 0 Å². The van der Waals surface area contributed by atoms with Gasteiger partial charge in [-0.2, -0.15) is 0 Å². The first-order valence-corrected chi connectivity index (χ1v) is 17.2. The summed E-state index contributed by atoms with van der Waals surface area (Å²) in [5.74, 6) is 0. The van der Waals surface area contributed by atoms with E-state index in [-0.39, 0.29) is 0 Å². The minimum absolute atomic E-state index is 0.707. The zero-order chi connectivity index (χ0) is 33.2. The van der Waals surface area contributed by atoms with E-state index in [1.165, 1.54) is 43.9 Å². The van der Waals surface area contributed by atoms with E-state index in [1.807, 2.05) is 12.1 Å². The van der Waals surface area contributed by atoms with Crippen LogP contribution < -0.4 is 4.90 Å². The predicted molar refractivity (Wildman–Crippen MR) is 211 cm³/mol. The molecule has 2 heterocycles. The van der Waals surface area contributed by atoms with Crippen LogP contribution in [0.2, 0.25) is 0 Å². The van der Waals surface area contributed by atoms with Crippen LogP contribution >= 0.6 is 0 Å². The summed E-state index contributed by atoms with van der Waals surface area (Å²) < 4.78 is 6.52. The van der Waals surface area contributed by atoms with Gasteiger partial charge >= 0.3 is 0 Å². The molecule has 0 fully saturated rings. The Hall–Kier alpha value is -6.45. The topological polar surface area (TPSA) is 28.7 Å². The first kappa shape index (κ1) is 28.6. The van der Waals surface area contributed by atoms with Gasteiger partial charge < -0.3 is 9.32 Å². The fraction of sp³-hybridized carbons (Fsp3) is 0.0426. The number of hydrogen-bond acceptors (Lipinski definition) is 3. The summed E-state index contributed by atoms with van der Waals surface area (Å²) in [5, 5.41) is 7.18. The first-order chi connectivity index (χ1) is 24.7. The lowest BCUT2D eigenvalue weighted by Crippen LogP contribution is -2.29. The van der Waals surface area contributed by atoms with Crippen LogP contribution in [0.5, 0.6) is 0 Å². The normalized spacial score (nSPS) is 12.9. The second-order valence-electron chi connectivity index (χ2n) is 13.1. The van der Waals surface area contributed by atoms with Crippen molar-refractivity contribution in [1.29, 1.82) is 0 Å². The maximum Gasteiger partial charge on any atom is 0.143 e. The van der Waals surface area contributed by atoms with Gasteiger partial charge in [-0.1, -0.05) is 158 Å². The van der Waals surface area contributed by atoms with Crippen LogP contribution in [0.3, 0.4) is 0 Å². The molecule has 3 heteroatoms. The van der Waals surface area contributed by atoms with E-state index in [9.17, 15) is 0 Å². The molecule has 0 atom stereocenters. The van der Waals surface area contributed by atoms with Crippen molar-refractivity contribution in [1.82, 2.24) is 0 Å². The van der Waals surface area contributed by atoms with E-state index in [4.69, 9.17) is 9.41 Å². The number of aliphatic imine (C=N–C) groups is 1. The monoisotopic (exact) mass is 640 g/mol. The Morgan fingerprint density at radius 3 is 1.52 bits per heavy atom. The highest BCUT2D eigenvalue weighted by molar-refractivity contribution is 6.24. The second-order valence-corrected chi connectivity index (χ2v) is 13.1. The highest BCUT2D eigenvalue weighted by atomic mass is 16.3. The number of hydrogen-bond donors (Lipinski definition) is 0. The van der Waals surface area contributed by atoms with Crippen molar-refractivity contribution < 1.29 is 4.42 Å². The molecule has 8 aromatic carbocycles. The number of furan rings is 1. The van der Waals surface area contributed by atoms with Crippen molar-refractivity contribution in [2.75, 3.05) is 18.5 Å². The Kier molecular flexibility index (Phi) is 6.47. The van der Waals surface area contributed by atoms with E-state index in [2.05, 4.69) is 164 Å². The minimum Gasteiger partial charge on any atom is -0.455 e. The largest absolute Gasteiger partial charge is 0.455 e. The number of benzene rings is 8. The van der Waals surface area contributed by atoms with Crippen LogP contribution in [0, 0.1) is 0 Å². The first-order valence-electron chi connectivity index (χ1n) is 17.2. The highest BCUT2D eigenvalue weighted by Crippen LogP contribution is 2.47. The molecule has 0 amide bonds. The van der Waals surface area contributed by atoms with Crippen LogP contribution in [0.1, 0.15) is 5.56 Å². The smallest absolute Gasteiger partial charge is 0.143 e. The summed E-state index contributed by atoms with van der Waals surface area (Å²) in [4.78, 5) is 7.89. The van der Waals surface area contributed by atoms with Gasteiger partial charge in [0.15, 0.2) is 0 Å². The summed E-state index contributed by atoms with van der Waals surface area (Å²) in [6.07, 6.45) is 0. The molecule has 50 heavy (non-hydrogen) atoms. The van der Waals surface area contributed by atoms with Crippen LogP contribution in [0.4, 0.5) is 11.4 Å². The predicted octanol–water partition coefficient (Wildman–Crippen LogP) is 12.5. The fourth-order valence-electron chi connectivity index (χ4n) is 8.06. The molecular weight excluding hydrogens is 609 g/mol. The molecule has 0 spiro atoms. The van der Waals surface area contributed by atoms with Gasteiger partial charge in [0.1, 0.15) is 11.2 Å². The van der Waals surface area contributed by atoms with Crippen molar-refractivity contribution in [3.63, 3.8) is 0 Å². The van der Waals surface area contributed by atoms with Crippen LogP contribution in [-0.4, -0.2) is 19.3 Å². The maximum atomic E-state index is 6.52. The lowest BCUT2D eigenvalue weighted by molar-refractivity contribution is 0.670. The molecule has 0 aliphatic carbocycles. The molecule has 9 aromatic rings. The quantitative estimate of drug-likeness (QED) is 0.179. The van der Waals surface area contributed by atoms with E-state index in [0.29, 0.717) is 6.54 Å². The van der Waals surface area contributed by atoms with Gasteiger partial charge in [0.05, 0.1) is 23.6 Å². The maximum absolute atomic E-state index is 6.52. The third-order valence-electron chi connectivity index (χ3n) is 10.3. The average molecular weight is 641 g/mol. The van der Waals surface area contributed by atoms with Crippen molar-refractivity contribution >= 4 is 60.6 Å². The number of rotatable bonds is 4. The van der Waals surface area contributed by atoms with Gasteiger partial charge in [0, 0.05) is 39.7 Å². The molecule has 10 rings (SSSR count). The van der Waals surface area contributed by atoms with Crippen LogP contribution in [-0.2, 0) is 0 Å². The van der Waals surface area contributed by atoms with Crippen molar-refractivity contribution in [3.05, 3.63) is 169 Å². The summed E-state index contributed by atoms with van der Waals surface area (Å²) in [5.41, 5.74) is 13.2. The Morgan fingerprint density at radius 1 is 0.420 bits per heavy atom. The van der Waals surface area contributed by atoms with Crippen molar-refractivity contribution in [2.24, 2.45) is 4.99 Å². The fourth-order valence-corrected chi connectivity index (χ4v) is 8.06. The molecule has 0 saturated carbocycles. The standard InChI is InChI=1S/C47H32N2O/c1-49-29-43(48-45-39-24-10-7-19-34(39)35-20-8-11-25-40(35)46(45)49)37-22-9-6-18-33(37)31-16-3-2-15-30(31)32-17-4-5-21-36(32)41-26-14-27-42-38-23-12-13-28-44(38)50-47(41)42/h2-28H,29H2,1H3. The third kappa shape index (κ3) is 4.33. The zero-order valence-corrected chi connectivity index (χ0v) is 27.6. The number of nitrogens with zero attached hydrogens (tertiary/aromatic N) is 2. The summed E-state index contributed by atoms with van der Waals surface area (Å²) >= 11 is 0. The highest BCUT2D eigenvalue weighted by Gasteiger charge is 2.25. The number of anilines is 1. The lowest BCUT2D eigenvalue weighted by atomic mass is 9.86. The van der Waals surface area contributed by atoms with Gasteiger partial charge in [-0.3, -0.25) is 0 Å². The minimum atomic E-state index is 0.707. The average Bonchev–Trinajstić information content (AvgIpc) is 3.57. The lowest BCUT2D eigenvalue weighted by Gasteiger charge is -2.30. The van der Waals surface area contributed by atoms with Gasteiger partial charge in [0.25, 0.3) is 0 Å². The van der Waals surface area contributed by atoms with E-state index >= 15 is 0 Å². The molecule has 0 N–H and O–H groups in total. The summed E-state index contributed by atoms with van der Waals surface area (Å²) in [6, 6.07) is 58.4. The van der Waals surface area contributed by atoms with Crippen molar-refractivity contribution in [3.8, 4) is 33.4 Å². The van der Waals surface area contributed by atoms with E-state index in [0.717, 1.165) is 55.6 Å². The molecule has 1 aromatic heterocycles. The molecule has 1 aliphatic heterocycles. The molecule has 3 nitrogen and oxygen atoms in total. The molecule has 236 valence electrons. The number of para-hydroxylation sites is 2. The molecular formula is C47H32N2O. The Labute approximate surface area is 290 Å². The zero-order valence-electron chi connectivity index (χ0n) is 27.6.